The van der Waals surface area contributed by atoms with E-state index in [4.69, 9.17) is 16.3 Å². The van der Waals surface area contributed by atoms with E-state index in [-0.39, 0.29) is 17.4 Å². The molecule has 4 nitrogen and oxygen atoms in total. The summed E-state index contributed by atoms with van der Waals surface area (Å²) in [7, 11) is 1.57. The molecule has 0 spiro atoms. The first kappa shape index (κ1) is 16.1. The summed E-state index contributed by atoms with van der Waals surface area (Å²) in [6.07, 6.45) is 2.13. The van der Waals surface area contributed by atoms with E-state index in [9.17, 15) is 4.79 Å². The molecule has 21 heavy (non-hydrogen) atoms. The van der Waals surface area contributed by atoms with Gasteiger partial charge in [0.05, 0.1) is 18.8 Å². The zero-order valence-corrected chi connectivity index (χ0v) is 13.8. The number of benzene rings is 1. The van der Waals surface area contributed by atoms with Crippen LogP contribution >= 0.6 is 11.6 Å². The van der Waals surface area contributed by atoms with E-state index in [1.807, 2.05) is 13.0 Å². The Balaban J connectivity index is 2.21. The highest BCUT2D eigenvalue weighted by molar-refractivity contribution is 6.31. The number of amides is 1. The fourth-order valence-corrected chi connectivity index (χ4v) is 2.95. The highest BCUT2D eigenvalue weighted by Crippen LogP contribution is 2.34. The summed E-state index contributed by atoms with van der Waals surface area (Å²) < 4.78 is 5.30. The van der Waals surface area contributed by atoms with Crippen LogP contribution in [0.25, 0.3) is 0 Å². The van der Waals surface area contributed by atoms with Crippen LogP contribution in [-0.4, -0.2) is 25.6 Å². The number of carbonyl (C=O) groups excluding carboxylic acids is 1. The van der Waals surface area contributed by atoms with E-state index >= 15 is 0 Å². The fourth-order valence-electron chi connectivity index (χ4n) is 2.79. The van der Waals surface area contributed by atoms with E-state index < -0.39 is 0 Å². The van der Waals surface area contributed by atoms with Gasteiger partial charge in [-0.3, -0.25) is 4.79 Å². The van der Waals surface area contributed by atoms with Crippen molar-refractivity contribution >= 4 is 23.2 Å². The van der Waals surface area contributed by atoms with Crippen LogP contribution in [0, 0.1) is 12.3 Å². The minimum Gasteiger partial charge on any atom is -0.495 e. The minimum absolute atomic E-state index is 0.0280. The molecule has 0 saturated carbocycles. The van der Waals surface area contributed by atoms with Gasteiger partial charge in [0, 0.05) is 11.1 Å². The molecule has 5 heteroatoms. The summed E-state index contributed by atoms with van der Waals surface area (Å²) in [6, 6.07) is 3.37. The predicted molar refractivity (Wildman–Crippen MR) is 86.2 cm³/mol. The molecular weight excluding hydrogens is 288 g/mol. The third-order valence-corrected chi connectivity index (χ3v) is 4.54. The Morgan fingerprint density at radius 3 is 2.81 bits per heavy atom. The molecule has 1 saturated heterocycles. The molecule has 1 heterocycles. The number of halogens is 1. The normalized spacial score (nSPS) is 20.9. The molecular formula is C16H23ClN2O2. The number of hydrogen-bond acceptors (Lipinski definition) is 3. The molecule has 0 aromatic heterocycles. The van der Waals surface area contributed by atoms with Crippen LogP contribution < -0.4 is 15.4 Å². The lowest BCUT2D eigenvalue weighted by atomic mass is 9.77. The third-order valence-electron chi connectivity index (χ3n) is 4.13. The summed E-state index contributed by atoms with van der Waals surface area (Å²) in [5.74, 6) is 0.548. The maximum absolute atomic E-state index is 12.6. The van der Waals surface area contributed by atoms with Gasteiger partial charge in [-0.05, 0) is 43.4 Å². The van der Waals surface area contributed by atoms with Crippen LogP contribution in [0.15, 0.2) is 12.1 Å². The molecule has 1 amide bonds. The molecule has 2 rings (SSSR count). The summed E-state index contributed by atoms with van der Waals surface area (Å²) in [5.41, 5.74) is 1.51. The van der Waals surface area contributed by atoms with Crippen LogP contribution in [0.5, 0.6) is 5.75 Å². The number of hydrogen-bond donors (Lipinski definition) is 2. The highest BCUT2D eigenvalue weighted by atomic mass is 35.5. The molecule has 1 aliphatic rings. The van der Waals surface area contributed by atoms with Gasteiger partial charge >= 0.3 is 0 Å². The molecule has 1 atom stereocenters. The van der Waals surface area contributed by atoms with Gasteiger partial charge < -0.3 is 15.4 Å². The van der Waals surface area contributed by atoms with Crippen molar-refractivity contribution in [3.05, 3.63) is 22.7 Å². The SMILES string of the molecule is COc1cc(Cl)c(C)cc1NC(=O)C1NCCCC1(C)C. The number of piperidine rings is 1. The second-order valence-electron chi connectivity index (χ2n) is 6.27. The first-order valence-corrected chi connectivity index (χ1v) is 7.61. The van der Waals surface area contributed by atoms with E-state index in [0.29, 0.717) is 16.5 Å². The van der Waals surface area contributed by atoms with Crippen molar-refractivity contribution in [3.63, 3.8) is 0 Å². The predicted octanol–water partition coefficient (Wildman–Crippen LogP) is 3.37. The van der Waals surface area contributed by atoms with Gasteiger partial charge in [-0.25, -0.2) is 0 Å². The van der Waals surface area contributed by atoms with Gasteiger partial charge in [0.15, 0.2) is 0 Å². The van der Waals surface area contributed by atoms with Crippen molar-refractivity contribution in [2.75, 3.05) is 19.0 Å². The number of rotatable bonds is 3. The first-order chi connectivity index (χ1) is 9.85. The Kier molecular flexibility index (Phi) is 4.79. The lowest BCUT2D eigenvalue weighted by Crippen LogP contribution is -2.53. The lowest BCUT2D eigenvalue weighted by Gasteiger charge is -2.38. The maximum atomic E-state index is 12.6. The van der Waals surface area contributed by atoms with Gasteiger partial charge in [0.25, 0.3) is 0 Å². The van der Waals surface area contributed by atoms with Crippen molar-refractivity contribution in [1.82, 2.24) is 5.32 Å². The molecule has 1 fully saturated rings. The monoisotopic (exact) mass is 310 g/mol. The molecule has 0 aliphatic carbocycles. The number of nitrogens with one attached hydrogen (secondary N) is 2. The van der Waals surface area contributed by atoms with Crippen LogP contribution in [0.4, 0.5) is 5.69 Å². The second kappa shape index (κ2) is 6.24. The largest absolute Gasteiger partial charge is 0.495 e. The summed E-state index contributed by atoms with van der Waals surface area (Å²) >= 11 is 6.09. The van der Waals surface area contributed by atoms with Gasteiger partial charge in [-0.1, -0.05) is 25.4 Å². The molecule has 1 aliphatic heterocycles. The van der Waals surface area contributed by atoms with Gasteiger partial charge in [-0.15, -0.1) is 0 Å². The van der Waals surface area contributed by atoms with Crippen molar-refractivity contribution in [2.24, 2.45) is 5.41 Å². The average molecular weight is 311 g/mol. The molecule has 2 N–H and O–H groups in total. The van der Waals surface area contributed by atoms with Gasteiger partial charge in [0.1, 0.15) is 5.75 Å². The Morgan fingerprint density at radius 1 is 1.48 bits per heavy atom. The van der Waals surface area contributed by atoms with Crippen molar-refractivity contribution in [1.29, 1.82) is 0 Å². The van der Waals surface area contributed by atoms with Crippen molar-refractivity contribution in [3.8, 4) is 5.75 Å². The summed E-state index contributed by atoms with van der Waals surface area (Å²) in [6.45, 7) is 7.01. The number of ether oxygens (including phenoxy) is 1. The second-order valence-corrected chi connectivity index (χ2v) is 6.68. The zero-order chi connectivity index (χ0) is 15.6. The fraction of sp³-hybridized carbons (Fsp3) is 0.562. The minimum atomic E-state index is -0.202. The third kappa shape index (κ3) is 3.50. The zero-order valence-electron chi connectivity index (χ0n) is 13.0. The summed E-state index contributed by atoms with van der Waals surface area (Å²) in [4.78, 5) is 12.6. The molecule has 1 aromatic carbocycles. The molecule has 1 aromatic rings. The van der Waals surface area contributed by atoms with Crippen molar-refractivity contribution in [2.45, 2.75) is 39.7 Å². The number of anilines is 1. The Bertz CT molecular complexity index is 543. The maximum Gasteiger partial charge on any atom is 0.242 e. The number of methoxy groups -OCH3 is 1. The molecule has 0 bridgehead atoms. The molecule has 0 radical (unpaired) electrons. The molecule has 116 valence electrons. The Morgan fingerprint density at radius 2 is 2.19 bits per heavy atom. The average Bonchev–Trinajstić information content (AvgIpc) is 2.41. The van der Waals surface area contributed by atoms with Crippen molar-refractivity contribution < 1.29 is 9.53 Å². The topological polar surface area (TPSA) is 50.4 Å². The van der Waals surface area contributed by atoms with Gasteiger partial charge in [0.2, 0.25) is 5.91 Å². The first-order valence-electron chi connectivity index (χ1n) is 7.23. The standard InChI is InChI=1S/C16H23ClN2O2/c1-10-8-12(13(21-4)9-11(10)17)19-15(20)14-16(2,3)6-5-7-18-14/h8-9,14,18H,5-7H2,1-4H3,(H,19,20). The van der Waals surface area contributed by atoms with Gasteiger partial charge in [-0.2, -0.15) is 0 Å². The van der Waals surface area contributed by atoms with E-state index in [1.165, 1.54) is 0 Å². The lowest BCUT2D eigenvalue weighted by molar-refractivity contribution is -0.121. The quantitative estimate of drug-likeness (QED) is 0.900. The van der Waals surface area contributed by atoms with Crippen LogP contribution in [0.1, 0.15) is 32.3 Å². The van der Waals surface area contributed by atoms with E-state index in [2.05, 4.69) is 24.5 Å². The number of aryl methyl sites for hydroxylation is 1. The smallest absolute Gasteiger partial charge is 0.242 e. The van der Waals surface area contributed by atoms with E-state index in [1.54, 1.807) is 13.2 Å². The summed E-state index contributed by atoms with van der Waals surface area (Å²) in [5, 5.41) is 6.91. The molecule has 1 unspecified atom stereocenters. The Hall–Kier alpha value is -1.26. The van der Waals surface area contributed by atoms with Crippen LogP contribution in [0.2, 0.25) is 5.02 Å². The Labute approximate surface area is 131 Å². The highest BCUT2D eigenvalue weighted by Gasteiger charge is 2.37. The van der Waals surface area contributed by atoms with Crippen LogP contribution in [-0.2, 0) is 4.79 Å². The number of carbonyl (C=O) groups is 1. The van der Waals surface area contributed by atoms with Crippen LogP contribution in [0.3, 0.4) is 0 Å². The van der Waals surface area contributed by atoms with E-state index in [0.717, 1.165) is 24.9 Å².